The van der Waals surface area contributed by atoms with E-state index in [9.17, 15) is 0 Å². The van der Waals surface area contributed by atoms with Crippen LogP contribution in [0.5, 0.6) is 5.75 Å². The molecule has 3 N–H and O–H groups in total. The second kappa shape index (κ2) is 8.39. The van der Waals surface area contributed by atoms with Gasteiger partial charge in [0, 0.05) is 15.5 Å². The summed E-state index contributed by atoms with van der Waals surface area (Å²) in [5.74, 6) is 0.748. The Balaban J connectivity index is 2.02. The maximum atomic E-state index is 5.95. The summed E-state index contributed by atoms with van der Waals surface area (Å²) in [6.45, 7) is 2.04. The summed E-state index contributed by atoms with van der Waals surface area (Å²) in [5.41, 5.74) is 3.15. The first kappa shape index (κ1) is 17.1. The minimum atomic E-state index is 0.657. The van der Waals surface area contributed by atoms with Crippen molar-refractivity contribution in [3.05, 3.63) is 58.0 Å². The highest BCUT2D eigenvalue weighted by Gasteiger charge is 2.02. The van der Waals surface area contributed by atoms with Gasteiger partial charge in [-0.1, -0.05) is 17.7 Å². The summed E-state index contributed by atoms with van der Waals surface area (Å²) in [6.07, 6.45) is 1.97. The average Bonchev–Trinajstić information content (AvgIpc) is 2.53. The molecule has 22 heavy (non-hydrogen) atoms. The lowest BCUT2D eigenvalue weighted by molar-refractivity contribution is 0.414. The van der Waals surface area contributed by atoms with Gasteiger partial charge < -0.3 is 9.46 Å². The Kier molecular flexibility index (Phi) is 6.51. The third-order valence-corrected chi connectivity index (χ3v) is 4.38. The van der Waals surface area contributed by atoms with E-state index in [0.29, 0.717) is 5.02 Å². The van der Waals surface area contributed by atoms with Gasteiger partial charge in [0.1, 0.15) is 5.75 Å². The van der Waals surface area contributed by atoms with Gasteiger partial charge in [0.15, 0.2) is 0 Å². The van der Waals surface area contributed by atoms with Crippen LogP contribution in [0.3, 0.4) is 0 Å². The van der Waals surface area contributed by atoms with E-state index >= 15 is 0 Å². The Morgan fingerprint density at radius 3 is 2.77 bits per heavy atom. The number of aryl methyl sites for hydroxylation is 1. The van der Waals surface area contributed by atoms with Crippen LogP contribution in [0.25, 0.3) is 6.08 Å². The van der Waals surface area contributed by atoms with Gasteiger partial charge in [0.25, 0.3) is 0 Å². The van der Waals surface area contributed by atoms with Gasteiger partial charge in [0.05, 0.1) is 12.8 Å². The molecule has 0 aliphatic heterocycles. The number of halogens is 1. The van der Waals surface area contributed by atoms with Crippen molar-refractivity contribution in [3.63, 3.8) is 0 Å². The summed E-state index contributed by atoms with van der Waals surface area (Å²) < 4.78 is 8.58. The summed E-state index contributed by atoms with van der Waals surface area (Å²) in [4.78, 5) is 1.02. The van der Waals surface area contributed by atoms with Crippen LogP contribution in [0, 0.1) is 6.92 Å². The number of rotatable bonds is 6. The molecule has 0 aliphatic carbocycles. The fraction of sp³-hybridized carbons (Fsp3) is 0.125. The minimum absolute atomic E-state index is 0.657. The van der Waals surface area contributed by atoms with Crippen molar-refractivity contribution in [2.24, 2.45) is 5.14 Å². The molecule has 0 bridgehead atoms. The molecule has 3 nitrogen and oxygen atoms in total. The van der Waals surface area contributed by atoms with Crippen LogP contribution < -0.4 is 14.6 Å². The van der Waals surface area contributed by atoms with E-state index in [2.05, 4.69) is 16.9 Å². The van der Waals surface area contributed by atoms with Crippen molar-refractivity contribution in [2.45, 2.75) is 11.8 Å². The van der Waals surface area contributed by atoms with Gasteiger partial charge in [-0.25, -0.2) is 0 Å². The molecule has 0 saturated heterocycles. The van der Waals surface area contributed by atoms with E-state index < -0.39 is 0 Å². The van der Waals surface area contributed by atoms with Gasteiger partial charge in [-0.3, -0.25) is 5.14 Å². The van der Waals surface area contributed by atoms with Crippen molar-refractivity contribution < 1.29 is 4.74 Å². The molecule has 0 amide bonds. The van der Waals surface area contributed by atoms with E-state index in [0.717, 1.165) is 21.9 Å². The molecular weight excluding hydrogens is 336 g/mol. The standard InChI is InChI=1S/C16H17ClN2OS2/c1-11-3-6-14(16(9-11)22-18)19-21-8-7-12-4-5-13(17)10-15(12)20-2/h3-10,19H,18H2,1-2H3/b8-7+. The van der Waals surface area contributed by atoms with Crippen LogP contribution >= 0.6 is 35.5 Å². The molecule has 116 valence electrons. The quantitative estimate of drug-likeness (QED) is 0.686. The molecule has 0 saturated carbocycles. The largest absolute Gasteiger partial charge is 0.496 e. The van der Waals surface area contributed by atoms with Crippen molar-refractivity contribution in [3.8, 4) is 5.75 Å². The first-order chi connectivity index (χ1) is 10.6. The Labute approximate surface area is 144 Å². The number of anilines is 1. The predicted octanol–water partition coefficient (Wildman–Crippen LogP) is 5.35. The predicted molar refractivity (Wildman–Crippen MR) is 99.5 cm³/mol. The second-order valence-corrected chi connectivity index (χ2v) is 6.35. The van der Waals surface area contributed by atoms with Crippen LogP contribution in [0.1, 0.15) is 11.1 Å². The highest BCUT2D eigenvalue weighted by Crippen LogP contribution is 2.28. The van der Waals surface area contributed by atoms with Crippen LogP contribution in [-0.2, 0) is 0 Å². The first-order valence-corrected chi connectivity index (χ1v) is 8.67. The van der Waals surface area contributed by atoms with Crippen molar-refractivity contribution in [1.82, 2.24) is 0 Å². The van der Waals surface area contributed by atoms with E-state index in [4.69, 9.17) is 21.5 Å². The first-order valence-electron chi connectivity index (χ1n) is 6.53. The third kappa shape index (κ3) is 4.61. The zero-order valence-electron chi connectivity index (χ0n) is 12.3. The Bertz CT molecular complexity index is 677. The highest BCUT2D eigenvalue weighted by atomic mass is 35.5. The van der Waals surface area contributed by atoms with Crippen LogP contribution in [0.2, 0.25) is 5.02 Å². The normalized spacial score (nSPS) is 10.9. The number of nitrogens with one attached hydrogen (secondary N) is 1. The van der Waals surface area contributed by atoms with E-state index in [1.807, 2.05) is 36.6 Å². The second-order valence-electron chi connectivity index (χ2n) is 4.53. The maximum Gasteiger partial charge on any atom is 0.127 e. The number of hydrogen-bond donors (Lipinski definition) is 2. The number of benzene rings is 2. The number of methoxy groups -OCH3 is 1. The topological polar surface area (TPSA) is 47.3 Å². The molecular formula is C16H17ClN2OS2. The summed E-state index contributed by atoms with van der Waals surface area (Å²) >= 11 is 8.66. The van der Waals surface area contributed by atoms with E-state index in [1.165, 1.54) is 29.5 Å². The van der Waals surface area contributed by atoms with Gasteiger partial charge >= 0.3 is 0 Å². The molecule has 0 heterocycles. The lowest BCUT2D eigenvalue weighted by Crippen LogP contribution is -1.91. The molecule has 0 spiro atoms. The van der Waals surface area contributed by atoms with Crippen LogP contribution in [0.4, 0.5) is 5.69 Å². The van der Waals surface area contributed by atoms with Crippen LogP contribution in [0.15, 0.2) is 46.7 Å². The SMILES string of the molecule is COc1cc(Cl)ccc1/C=C/SNc1ccc(C)cc1SN. The number of ether oxygens (including phenoxy) is 1. The van der Waals surface area contributed by atoms with E-state index in [-0.39, 0.29) is 0 Å². The third-order valence-electron chi connectivity index (χ3n) is 2.94. The Morgan fingerprint density at radius 1 is 1.23 bits per heavy atom. The molecule has 2 aromatic carbocycles. The molecule has 6 heteroatoms. The Hall–Kier alpha value is -1.27. The molecule has 0 unspecified atom stereocenters. The smallest absolute Gasteiger partial charge is 0.127 e. The monoisotopic (exact) mass is 352 g/mol. The van der Waals surface area contributed by atoms with Gasteiger partial charge in [-0.2, -0.15) is 0 Å². The summed E-state index contributed by atoms with van der Waals surface area (Å²) in [5, 5.41) is 8.30. The zero-order valence-corrected chi connectivity index (χ0v) is 14.7. The molecule has 0 aliphatic rings. The lowest BCUT2D eigenvalue weighted by Gasteiger charge is -2.08. The summed E-state index contributed by atoms with van der Waals surface area (Å²) in [7, 11) is 1.63. The average molecular weight is 353 g/mol. The van der Waals surface area contributed by atoms with Crippen molar-refractivity contribution in [2.75, 3.05) is 11.8 Å². The number of nitrogens with two attached hydrogens (primary N) is 1. The molecule has 0 atom stereocenters. The van der Waals surface area contributed by atoms with Gasteiger partial charge in [0.2, 0.25) is 0 Å². The molecule has 2 rings (SSSR count). The zero-order chi connectivity index (χ0) is 15.9. The summed E-state index contributed by atoms with van der Waals surface area (Å²) in [6, 6.07) is 11.7. The fourth-order valence-corrected chi connectivity index (χ4v) is 3.15. The molecule has 0 fully saturated rings. The number of hydrogen-bond acceptors (Lipinski definition) is 5. The molecule has 0 aromatic heterocycles. The van der Waals surface area contributed by atoms with Gasteiger partial charge in [-0.15, -0.1) is 0 Å². The van der Waals surface area contributed by atoms with Crippen molar-refractivity contribution in [1.29, 1.82) is 0 Å². The lowest BCUT2D eigenvalue weighted by atomic mass is 10.2. The highest BCUT2D eigenvalue weighted by molar-refractivity contribution is 8.03. The van der Waals surface area contributed by atoms with Gasteiger partial charge in [-0.05, 0) is 78.2 Å². The molecule has 0 radical (unpaired) electrons. The Morgan fingerprint density at radius 2 is 2.05 bits per heavy atom. The maximum absolute atomic E-state index is 5.95. The fourth-order valence-electron chi connectivity index (χ4n) is 1.84. The van der Waals surface area contributed by atoms with Crippen molar-refractivity contribution >= 4 is 47.3 Å². The molecule has 2 aromatic rings. The van der Waals surface area contributed by atoms with Crippen LogP contribution in [-0.4, -0.2) is 7.11 Å². The van der Waals surface area contributed by atoms with E-state index in [1.54, 1.807) is 13.2 Å². The minimum Gasteiger partial charge on any atom is -0.496 e.